The molecule has 0 spiro atoms. The Kier molecular flexibility index (Phi) is 4.69. The van der Waals surface area contributed by atoms with Crippen molar-refractivity contribution in [1.29, 1.82) is 0 Å². The maximum absolute atomic E-state index is 13.0. The van der Waals surface area contributed by atoms with Gasteiger partial charge in [-0.25, -0.2) is 12.8 Å². The molecule has 7 nitrogen and oxygen atoms in total. The van der Waals surface area contributed by atoms with E-state index in [-0.39, 0.29) is 23.7 Å². The molecule has 2 aromatic carbocycles. The Balaban J connectivity index is 1.76. The zero-order chi connectivity index (χ0) is 18.0. The number of anilines is 1. The van der Waals surface area contributed by atoms with Gasteiger partial charge in [0.15, 0.2) is 0 Å². The van der Waals surface area contributed by atoms with Crippen molar-refractivity contribution in [3.05, 3.63) is 64.5 Å². The molecule has 0 saturated carbocycles. The molecule has 1 aliphatic heterocycles. The van der Waals surface area contributed by atoms with Crippen molar-refractivity contribution in [3.63, 3.8) is 0 Å². The van der Waals surface area contributed by atoms with Crippen LogP contribution >= 0.6 is 0 Å². The fraction of sp³-hybridized carbons (Fsp3) is 0.250. The van der Waals surface area contributed by atoms with Crippen LogP contribution < -0.4 is 4.90 Å². The smallest absolute Gasteiger partial charge is 0.292 e. The highest BCUT2D eigenvalue weighted by Crippen LogP contribution is 2.29. The van der Waals surface area contributed by atoms with E-state index in [1.54, 1.807) is 23.1 Å². The van der Waals surface area contributed by atoms with E-state index in [4.69, 9.17) is 0 Å². The number of sulfonamides is 1. The van der Waals surface area contributed by atoms with Gasteiger partial charge in [0.25, 0.3) is 5.69 Å². The summed E-state index contributed by atoms with van der Waals surface area (Å²) in [4.78, 5) is 12.5. The Bertz CT molecular complexity index is 879. The van der Waals surface area contributed by atoms with Gasteiger partial charge in [0, 0.05) is 32.2 Å². The van der Waals surface area contributed by atoms with Crippen molar-refractivity contribution in [1.82, 2.24) is 4.31 Å². The molecule has 0 bridgehead atoms. The molecule has 1 aliphatic rings. The summed E-state index contributed by atoms with van der Waals surface area (Å²) < 4.78 is 39.5. The molecule has 1 heterocycles. The third kappa shape index (κ3) is 3.47. The number of rotatable bonds is 4. The number of nitro groups is 1. The molecule has 25 heavy (non-hydrogen) atoms. The van der Waals surface area contributed by atoms with Gasteiger partial charge in [-0.05, 0) is 30.3 Å². The van der Waals surface area contributed by atoms with Crippen molar-refractivity contribution in [2.75, 3.05) is 31.1 Å². The van der Waals surface area contributed by atoms with Crippen LogP contribution in [0.2, 0.25) is 0 Å². The van der Waals surface area contributed by atoms with E-state index in [1.165, 1.54) is 22.5 Å². The number of nitro benzene ring substituents is 1. The molecule has 0 aliphatic carbocycles. The third-order valence-electron chi connectivity index (χ3n) is 4.11. The Morgan fingerprint density at radius 2 is 1.56 bits per heavy atom. The number of piperazine rings is 1. The second-order valence-electron chi connectivity index (χ2n) is 5.59. The van der Waals surface area contributed by atoms with Gasteiger partial charge in [-0.3, -0.25) is 10.1 Å². The first-order valence-electron chi connectivity index (χ1n) is 7.64. The van der Waals surface area contributed by atoms with Gasteiger partial charge in [-0.1, -0.05) is 12.1 Å². The lowest BCUT2D eigenvalue weighted by Gasteiger charge is -2.35. The minimum Gasteiger partial charge on any atom is -0.363 e. The Morgan fingerprint density at radius 1 is 0.960 bits per heavy atom. The summed E-state index contributed by atoms with van der Waals surface area (Å²) in [5.41, 5.74) is 0.476. The summed E-state index contributed by atoms with van der Waals surface area (Å²) in [5.74, 6) is -0.500. The maximum Gasteiger partial charge on any atom is 0.292 e. The predicted octanol–water partition coefficient (Wildman–Crippen LogP) is 2.24. The highest BCUT2D eigenvalue weighted by atomic mass is 32.2. The van der Waals surface area contributed by atoms with E-state index in [2.05, 4.69) is 0 Å². The van der Waals surface area contributed by atoms with E-state index in [1.807, 2.05) is 0 Å². The first-order valence-corrected chi connectivity index (χ1v) is 9.08. The molecule has 2 aromatic rings. The highest BCUT2D eigenvalue weighted by Gasteiger charge is 2.30. The summed E-state index contributed by atoms with van der Waals surface area (Å²) in [6.45, 7) is 1.08. The Labute approximate surface area is 144 Å². The Hall–Kier alpha value is -2.52. The molecule has 1 saturated heterocycles. The number of hydrogen-bond acceptors (Lipinski definition) is 5. The first-order chi connectivity index (χ1) is 11.9. The van der Waals surface area contributed by atoms with E-state index in [0.29, 0.717) is 18.8 Å². The van der Waals surface area contributed by atoms with Crippen LogP contribution in [0.5, 0.6) is 0 Å². The van der Waals surface area contributed by atoms with Gasteiger partial charge in [-0.15, -0.1) is 0 Å². The Morgan fingerprint density at radius 3 is 2.16 bits per heavy atom. The van der Waals surface area contributed by atoms with Gasteiger partial charge in [-0.2, -0.15) is 4.31 Å². The normalized spacial score (nSPS) is 16.0. The SMILES string of the molecule is O=[N+]([O-])c1ccccc1N1CCN(S(=O)(=O)c2ccc(F)cc2)CC1. The molecule has 0 unspecified atom stereocenters. The van der Waals surface area contributed by atoms with Gasteiger partial charge in [0.2, 0.25) is 10.0 Å². The number of hydrogen-bond donors (Lipinski definition) is 0. The van der Waals surface area contributed by atoms with E-state index in [9.17, 15) is 22.9 Å². The van der Waals surface area contributed by atoms with Crippen molar-refractivity contribution < 1.29 is 17.7 Å². The quantitative estimate of drug-likeness (QED) is 0.613. The summed E-state index contributed by atoms with van der Waals surface area (Å²) >= 11 is 0. The largest absolute Gasteiger partial charge is 0.363 e. The van der Waals surface area contributed by atoms with Crippen LogP contribution in [0.25, 0.3) is 0 Å². The first kappa shape index (κ1) is 17.3. The maximum atomic E-state index is 13.0. The van der Waals surface area contributed by atoms with Crippen LogP contribution in [0.1, 0.15) is 0 Å². The molecule has 1 fully saturated rings. The third-order valence-corrected chi connectivity index (χ3v) is 6.02. The molecule has 132 valence electrons. The van der Waals surface area contributed by atoms with Gasteiger partial charge >= 0.3 is 0 Å². The fourth-order valence-corrected chi connectivity index (χ4v) is 4.23. The lowest BCUT2D eigenvalue weighted by Crippen LogP contribution is -2.48. The van der Waals surface area contributed by atoms with Crippen molar-refractivity contribution in [2.45, 2.75) is 4.90 Å². The van der Waals surface area contributed by atoms with Gasteiger partial charge in [0.05, 0.1) is 9.82 Å². The van der Waals surface area contributed by atoms with Crippen LogP contribution in [-0.2, 0) is 10.0 Å². The van der Waals surface area contributed by atoms with E-state index >= 15 is 0 Å². The van der Waals surface area contributed by atoms with Crippen LogP contribution in [0, 0.1) is 15.9 Å². The highest BCUT2D eigenvalue weighted by molar-refractivity contribution is 7.89. The zero-order valence-corrected chi connectivity index (χ0v) is 14.0. The molecule has 0 N–H and O–H groups in total. The molecule has 0 amide bonds. The second-order valence-corrected chi connectivity index (χ2v) is 7.53. The summed E-state index contributed by atoms with van der Waals surface area (Å²) in [5, 5.41) is 11.1. The minimum atomic E-state index is -3.70. The lowest BCUT2D eigenvalue weighted by molar-refractivity contribution is -0.384. The summed E-state index contributed by atoms with van der Waals surface area (Å²) in [6, 6.07) is 11.1. The number of halogens is 1. The van der Waals surface area contributed by atoms with Crippen molar-refractivity contribution in [3.8, 4) is 0 Å². The van der Waals surface area contributed by atoms with Crippen molar-refractivity contribution in [2.24, 2.45) is 0 Å². The fourth-order valence-electron chi connectivity index (χ4n) is 2.81. The van der Waals surface area contributed by atoms with Crippen LogP contribution in [0.4, 0.5) is 15.8 Å². The van der Waals surface area contributed by atoms with Crippen LogP contribution in [-0.4, -0.2) is 43.8 Å². The molecule has 0 atom stereocenters. The summed E-state index contributed by atoms with van der Waals surface area (Å²) in [6.07, 6.45) is 0. The number of nitrogens with zero attached hydrogens (tertiary/aromatic N) is 3. The second kappa shape index (κ2) is 6.77. The number of para-hydroxylation sites is 2. The molecule has 0 aromatic heterocycles. The van der Waals surface area contributed by atoms with Gasteiger partial charge < -0.3 is 4.90 Å². The van der Waals surface area contributed by atoms with Crippen molar-refractivity contribution >= 4 is 21.4 Å². The zero-order valence-electron chi connectivity index (χ0n) is 13.2. The van der Waals surface area contributed by atoms with Crippen LogP contribution in [0.15, 0.2) is 53.4 Å². The molecular weight excluding hydrogens is 349 g/mol. The average molecular weight is 365 g/mol. The molecule has 9 heteroatoms. The molecule has 3 rings (SSSR count). The standard InChI is InChI=1S/C16H16FN3O4S/c17-13-5-7-14(8-6-13)25(23,24)19-11-9-18(10-12-19)15-3-1-2-4-16(15)20(21)22/h1-8H,9-12H2. The molecular formula is C16H16FN3O4S. The molecule has 0 radical (unpaired) electrons. The van der Waals surface area contributed by atoms with E-state index < -0.39 is 20.8 Å². The predicted molar refractivity (Wildman–Crippen MR) is 90.5 cm³/mol. The minimum absolute atomic E-state index is 0.00246. The van der Waals surface area contributed by atoms with E-state index in [0.717, 1.165) is 12.1 Å². The topological polar surface area (TPSA) is 83.8 Å². The van der Waals surface area contributed by atoms with Gasteiger partial charge in [0.1, 0.15) is 11.5 Å². The van der Waals surface area contributed by atoms with Crippen LogP contribution in [0.3, 0.4) is 0 Å². The lowest BCUT2D eigenvalue weighted by atomic mass is 10.2. The summed E-state index contributed by atoms with van der Waals surface area (Å²) in [7, 11) is -3.70. The average Bonchev–Trinajstić information content (AvgIpc) is 2.62. The monoisotopic (exact) mass is 365 g/mol. The number of benzene rings is 2.